The molecule has 0 bridgehead atoms. The van der Waals surface area contributed by atoms with Crippen LogP contribution in [0.3, 0.4) is 0 Å². The third-order valence-electron chi connectivity index (χ3n) is 2.70. The van der Waals surface area contributed by atoms with Crippen LogP contribution in [0.4, 0.5) is 0 Å². The SMILES string of the molecule is O=S(=O)(NCCc1ccccc1Br)c1ccccc1. The van der Waals surface area contributed by atoms with Gasteiger partial charge in [0.25, 0.3) is 0 Å². The Labute approximate surface area is 121 Å². The monoisotopic (exact) mass is 339 g/mol. The highest BCUT2D eigenvalue weighted by atomic mass is 79.9. The Morgan fingerprint density at radius 1 is 0.947 bits per heavy atom. The Morgan fingerprint density at radius 3 is 2.26 bits per heavy atom. The van der Waals surface area contributed by atoms with Crippen molar-refractivity contribution in [2.24, 2.45) is 0 Å². The van der Waals surface area contributed by atoms with Crippen LogP contribution in [0.5, 0.6) is 0 Å². The standard InChI is InChI=1S/C14H14BrNO2S/c15-14-9-5-4-6-12(14)10-11-16-19(17,18)13-7-2-1-3-8-13/h1-9,16H,10-11H2. The third kappa shape index (κ3) is 3.89. The van der Waals surface area contributed by atoms with Gasteiger partial charge in [0.1, 0.15) is 0 Å². The van der Waals surface area contributed by atoms with Gasteiger partial charge in [-0.2, -0.15) is 0 Å². The Kier molecular flexibility index (Phi) is 4.74. The van der Waals surface area contributed by atoms with Gasteiger partial charge in [0.05, 0.1) is 4.90 Å². The van der Waals surface area contributed by atoms with Crippen molar-refractivity contribution >= 4 is 26.0 Å². The van der Waals surface area contributed by atoms with Crippen LogP contribution in [0.25, 0.3) is 0 Å². The quantitative estimate of drug-likeness (QED) is 0.910. The van der Waals surface area contributed by atoms with Crippen molar-refractivity contribution in [2.75, 3.05) is 6.54 Å². The summed E-state index contributed by atoms with van der Waals surface area (Å²) >= 11 is 3.44. The minimum absolute atomic E-state index is 0.294. The lowest BCUT2D eigenvalue weighted by Gasteiger charge is -2.07. The lowest BCUT2D eigenvalue weighted by atomic mass is 10.2. The van der Waals surface area contributed by atoms with E-state index in [0.29, 0.717) is 17.9 Å². The fraction of sp³-hybridized carbons (Fsp3) is 0.143. The molecule has 0 aliphatic rings. The van der Waals surface area contributed by atoms with E-state index in [2.05, 4.69) is 20.7 Å². The Balaban J connectivity index is 1.98. The molecule has 2 rings (SSSR count). The van der Waals surface area contributed by atoms with Gasteiger partial charge in [0, 0.05) is 11.0 Å². The molecule has 2 aromatic carbocycles. The largest absolute Gasteiger partial charge is 0.240 e. The summed E-state index contributed by atoms with van der Waals surface area (Å²) in [6.07, 6.45) is 0.646. The summed E-state index contributed by atoms with van der Waals surface area (Å²) in [5.74, 6) is 0. The van der Waals surface area contributed by atoms with Crippen molar-refractivity contribution in [3.8, 4) is 0 Å². The summed E-state index contributed by atoms with van der Waals surface area (Å²) in [5, 5.41) is 0. The van der Waals surface area contributed by atoms with E-state index < -0.39 is 10.0 Å². The molecule has 0 spiro atoms. The zero-order chi connectivity index (χ0) is 13.7. The number of hydrogen-bond acceptors (Lipinski definition) is 2. The molecule has 0 saturated heterocycles. The van der Waals surface area contributed by atoms with Crippen molar-refractivity contribution in [1.29, 1.82) is 0 Å². The van der Waals surface area contributed by atoms with Gasteiger partial charge >= 0.3 is 0 Å². The summed E-state index contributed by atoms with van der Waals surface area (Å²) in [7, 11) is -3.41. The molecule has 0 aliphatic carbocycles. The highest BCUT2D eigenvalue weighted by Gasteiger charge is 2.12. The predicted molar refractivity (Wildman–Crippen MR) is 79.5 cm³/mol. The average molecular weight is 340 g/mol. The number of nitrogens with one attached hydrogen (secondary N) is 1. The van der Waals surface area contributed by atoms with Crippen molar-refractivity contribution in [3.63, 3.8) is 0 Å². The Hall–Kier alpha value is -1.17. The lowest BCUT2D eigenvalue weighted by Crippen LogP contribution is -2.26. The molecule has 0 fully saturated rings. The fourth-order valence-corrected chi connectivity index (χ4v) is 3.24. The Bertz CT molecular complexity index is 642. The number of hydrogen-bond donors (Lipinski definition) is 1. The van der Waals surface area contributed by atoms with Gasteiger partial charge < -0.3 is 0 Å². The van der Waals surface area contributed by atoms with Crippen molar-refractivity contribution in [3.05, 3.63) is 64.6 Å². The molecule has 0 atom stereocenters. The minimum atomic E-state index is -3.41. The topological polar surface area (TPSA) is 46.2 Å². The normalized spacial score (nSPS) is 11.4. The molecule has 0 radical (unpaired) electrons. The number of sulfonamides is 1. The number of benzene rings is 2. The van der Waals surface area contributed by atoms with Crippen LogP contribution in [-0.2, 0) is 16.4 Å². The second kappa shape index (κ2) is 6.32. The fourth-order valence-electron chi connectivity index (χ4n) is 1.70. The van der Waals surface area contributed by atoms with Gasteiger partial charge in [-0.15, -0.1) is 0 Å². The van der Waals surface area contributed by atoms with Crippen LogP contribution in [0.1, 0.15) is 5.56 Å². The van der Waals surface area contributed by atoms with Crippen LogP contribution in [0, 0.1) is 0 Å². The first-order valence-electron chi connectivity index (χ1n) is 5.88. The second-order valence-electron chi connectivity index (χ2n) is 4.05. The highest BCUT2D eigenvalue weighted by molar-refractivity contribution is 9.10. The van der Waals surface area contributed by atoms with Crippen LogP contribution in [0.15, 0.2) is 64.0 Å². The van der Waals surface area contributed by atoms with Crippen LogP contribution < -0.4 is 4.72 Å². The van der Waals surface area contributed by atoms with Gasteiger partial charge in [0.2, 0.25) is 10.0 Å². The Morgan fingerprint density at radius 2 is 1.58 bits per heavy atom. The van der Waals surface area contributed by atoms with E-state index in [4.69, 9.17) is 0 Å². The van der Waals surface area contributed by atoms with E-state index in [-0.39, 0.29) is 0 Å². The van der Waals surface area contributed by atoms with Gasteiger partial charge in [-0.25, -0.2) is 13.1 Å². The third-order valence-corrected chi connectivity index (χ3v) is 4.95. The molecule has 0 aliphatic heterocycles. The molecule has 0 aromatic heterocycles. The molecule has 0 heterocycles. The van der Waals surface area contributed by atoms with Crippen molar-refractivity contribution in [2.45, 2.75) is 11.3 Å². The molecular weight excluding hydrogens is 326 g/mol. The molecule has 19 heavy (non-hydrogen) atoms. The van der Waals surface area contributed by atoms with Gasteiger partial charge in [-0.05, 0) is 30.2 Å². The smallest absolute Gasteiger partial charge is 0.211 e. The second-order valence-corrected chi connectivity index (χ2v) is 6.67. The van der Waals surface area contributed by atoms with E-state index >= 15 is 0 Å². The van der Waals surface area contributed by atoms with E-state index in [1.54, 1.807) is 30.3 Å². The van der Waals surface area contributed by atoms with Crippen LogP contribution >= 0.6 is 15.9 Å². The first kappa shape index (κ1) is 14.2. The maximum Gasteiger partial charge on any atom is 0.240 e. The number of rotatable bonds is 5. The predicted octanol–water partition coefficient (Wildman–Crippen LogP) is 2.97. The molecule has 5 heteroatoms. The van der Waals surface area contributed by atoms with Gasteiger partial charge in [-0.1, -0.05) is 52.3 Å². The maximum atomic E-state index is 12.0. The van der Waals surface area contributed by atoms with E-state index in [1.807, 2.05) is 24.3 Å². The minimum Gasteiger partial charge on any atom is -0.211 e. The molecule has 0 unspecified atom stereocenters. The molecule has 100 valence electrons. The molecule has 3 nitrogen and oxygen atoms in total. The highest BCUT2D eigenvalue weighted by Crippen LogP contribution is 2.16. The van der Waals surface area contributed by atoms with Crippen LogP contribution in [0.2, 0.25) is 0 Å². The summed E-state index contributed by atoms with van der Waals surface area (Å²) in [6, 6.07) is 16.2. The summed E-state index contributed by atoms with van der Waals surface area (Å²) in [4.78, 5) is 0.294. The zero-order valence-electron chi connectivity index (χ0n) is 10.2. The molecular formula is C14H14BrNO2S. The van der Waals surface area contributed by atoms with Crippen molar-refractivity contribution in [1.82, 2.24) is 4.72 Å². The van der Waals surface area contributed by atoms with E-state index in [0.717, 1.165) is 10.0 Å². The van der Waals surface area contributed by atoms with Crippen molar-refractivity contribution < 1.29 is 8.42 Å². The zero-order valence-corrected chi connectivity index (χ0v) is 12.6. The summed E-state index contributed by atoms with van der Waals surface area (Å²) < 4.78 is 27.6. The molecule has 0 amide bonds. The molecule has 0 saturated carbocycles. The maximum absolute atomic E-state index is 12.0. The average Bonchev–Trinajstić information content (AvgIpc) is 2.42. The molecule has 1 N–H and O–H groups in total. The summed E-state index contributed by atoms with van der Waals surface area (Å²) in [5.41, 5.74) is 1.08. The van der Waals surface area contributed by atoms with E-state index in [1.165, 1.54) is 0 Å². The number of halogens is 1. The lowest BCUT2D eigenvalue weighted by molar-refractivity contribution is 0.581. The first-order chi connectivity index (χ1) is 9.09. The van der Waals surface area contributed by atoms with Crippen LogP contribution in [-0.4, -0.2) is 15.0 Å². The van der Waals surface area contributed by atoms with E-state index in [9.17, 15) is 8.42 Å². The molecule has 2 aromatic rings. The first-order valence-corrected chi connectivity index (χ1v) is 8.15. The van der Waals surface area contributed by atoms with Gasteiger partial charge in [-0.3, -0.25) is 0 Å². The van der Waals surface area contributed by atoms with Gasteiger partial charge in [0.15, 0.2) is 0 Å². The summed E-state index contributed by atoms with van der Waals surface area (Å²) in [6.45, 7) is 0.375.